The third-order valence-corrected chi connectivity index (χ3v) is 3.92. The number of aryl methyl sites for hydroxylation is 3. The number of aromatic nitrogens is 2. The van der Waals surface area contributed by atoms with E-state index in [-0.39, 0.29) is 6.61 Å². The summed E-state index contributed by atoms with van der Waals surface area (Å²) >= 11 is 0. The van der Waals surface area contributed by atoms with Crippen LogP contribution in [0.3, 0.4) is 0 Å². The van der Waals surface area contributed by atoms with Crippen LogP contribution in [0, 0.1) is 20.8 Å². The van der Waals surface area contributed by atoms with Crippen molar-refractivity contribution in [3.8, 4) is 5.75 Å². The second-order valence-electron chi connectivity index (χ2n) is 5.90. The predicted molar refractivity (Wildman–Crippen MR) is 96.0 cm³/mol. The molecule has 0 fully saturated rings. The Hall–Kier alpha value is -2.95. The van der Waals surface area contributed by atoms with Gasteiger partial charge in [0.25, 0.3) is 0 Å². The van der Waals surface area contributed by atoms with Crippen LogP contribution in [0.5, 0.6) is 5.75 Å². The third-order valence-electron chi connectivity index (χ3n) is 3.92. The minimum Gasteiger partial charge on any atom is -0.490 e. The maximum atomic E-state index is 12.2. The number of carbonyl (C=O) groups is 1. The highest BCUT2D eigenvalue weighted by atomic mass is 16.6. The summed E-state index contributed by atoms with van der Waals surface area (Å²) in [5.41, 5.74) is 4.82. The zero-order valence-corrected chi connectivity index (χ0v) is 14.6. The normalized spacial score (nSPS) is 10.7. The van der Waals surface area contributed by atoms with Crippen LogP contribution in [0.2, 0.25) is 0 Å². The molecule has 1 aromatic heterocycles. The predicted octanol–water partition coefficient (Wildman–Crippen LogP) is 3.79. The van der Waals surface area contributed by atoms with Crippen LogP contribution in [0.1, 0.15) is 27.3 Å². The number of benzene rings is 2. The van der Waals surface area contributed by atoms with E-state index in [0.717, 1.165) is 22.7 Å². The van der Waals surface area contributed by atoms with Crippen LogP contribution in [0.15, 0.2) is 42.5 Å². The first-order valence-corrected chi connectivity index (χ1v) is 8.14. The average molecular weight is 336 g/mol. The lowest BCUT2D eigenvalue weighted by Crippen LogP contribution is -2.12. The molecular weight excluding hydrogens is 316 g/mol. The zero-order valence-electron chi connectivity index (χ0n) is 14.6. The molecule has 5 heteroatoms. The van der Waals surface area contributed by atoms with Crippen molar-refractivity contribution in [3.05, 3.63) is 65.0 Å². The minimum absolute atomic E-state index is 0.184. The molecule has 3 rings (SSSR count). The Balaban J connectivity index is 1.58. The summed E-state index contributed by atoms with van der Waals surface area (Å²) in [6.45, 7) is 6.32. The molecular formula is C20H20N2O3. The highest BCUT2D eigenvalue weighted by molar-refractivity contribution is 5.93. The van der Waals surface area contributed by atoms with Gasteiger partial charge in [0.1, 0.15) is 19.0 Å². The Morgan fingerprint density at radius 3 is 2.28 bits per heavy atom. The van der Waals surface area contributed by atoms with Crippen molar-refractivity contribution in [1.82, 2.24) is 9.97 Å². The lowest BCUT2D eigenvalue weighted by Gasteiger charge is -2.08. The van der Waals surface area contributed by atoms with Gasteiger partial charge in [-0.3, -0.25) is 0 Å². The number of hydrogen-bond acceptors (Lipinski definition) is 5. The van der Waals surface area contributed by atoms with Crippen LogP contribution >= 0.6 is 0 Å². The maximum absolute atomic E-state index is 12.2. The zero-order chi connectivity index (χ0) is 17.8. The highest BCUT2D eigenvalue weighted by Gasteiger charge is 2.10. The van der Waals surface area contributed by atoms with Crippen molar-refractivity contribution >= 4 is 17.0 Å². The summed E-state index contributed by atoms with van der Waals surface area (Å²) < 4.78 is 10.8. The van der Waals surface area contributed by atoms with Crippen molar-refractivity contribution < 1.29 is 14.3 Å². The Bertz CT molecular complexity index is 905. The second kappa shape index (κ2) is 7.30. The van der Waals surface area contributed by atoms with E-state index >= 15 is 0 Å². The number of rotatable bonds is 5. The summed E-state index contributed by atoms with van der Waals surface area (Å²) in [6.07, 6.45) is 0. The van der Waals surface area contributed by atoms with E-state index in [1.54, 1.807) is 18.2 Å². The summed E-state index contributed by atoms with van der Waals surface area (Å²) in [5.74, 6) is 0.364. The van der Waals surface area contributed by atoms with Gasteiger partial charge in [0.2, 0.25) is 0 Å². The Morgan fingerprint density at radius 1 is 0.880 bits per heavy atom. The second-order valence-corrected chi connectivity index (χ2v) is 5.90. The number of hydrogen-bond donors (Lipinski definition) is 0. The lowest BCUT2D eigenvalue weighted by molar-refractivity contribution is 0.0450. The molecule has 0 radical (unpaired) electrons. The van der Waals surface area contributed by atoms with Crippen molar-refractivity contribution in [2.75, 3.05) is 13.2 Å². The number of ether oxygens (including phenoxy) is 2. The number of esters is 1. The van der Waals surface area contributed by atoms with Crippen molar-refractivity contribution in [1.29, 1.82) is 0 Å². The first kappa shape index (κ1) is 16.9. The van der Waals surface area contributed by atoms with Crippen LogP contribution < -0.4 is 4.74 Å². The van der Waals surface area contributed by atoms with Crippen molar-refractivity contribution in [2.45, 2.75) is 20.8 Å². The fraction of sp³-hybridized carbons (Fsp3) is 0.250. The van der Waals surface area contributed by atoms with Crippen LogP contribution in [-0.2, 0) is 4.74 Å². The summed E-state index contributed by atoms with van der Waals surface area (Å²) in [7, 11) is 0. The van der Waals surface area contributed by atoms with Gasteiger partial charge in [0, 0.05) is 0 Å². The smallest absolute Gasteiger partial charge is 0.338 e. The Labute approximate surface area is 146 Å². The molecule has 0 bridgehead atoms. The first-order chi connectivity index (χ1) is 12.0. The maximum Gasteiger partial charge on any atom is 0.338 e. The standard InChI is InChI=1S/C20H20N2O3/c1-13-4-7-17(8-5-13)24-10-11-25-20(23)16-6-9-18-19(12-16)22-15(3)14(2)21-18/h4-9,12H,10-11H2,1-3H3. The van der Waals surface area contributed by atoms with Gasteiger partial charge in [-0.1, -0.05) is 17.7 Å². The summed E-state index contributed by atoms with van der Waals surface area (Å²) in [5, 5.41) is 0. The van der Waals surface area contributed by atoms with E-state index in [2.05, 4.69) is 9.97 Å². The molecule has 0 saturated carbocycles. The molecule has 0 spiro atoms. The molecule has 0 N–H and O–H groups in total. The molecule has 25 heavy (non-hydrogen) atoms. The molecule has 5 nitrogen and oxygen atoms in total. The van der Waals surface area contributed by atoms with Gasteiger partial charge in [-0.2, -0.15) is 0 Å². The first-order valence-electron chi connectivity index (χ1n) is 8.14. The molecule has 0 saturated heterocycles. The van der Waals surface area contributed by atoms with Gasteiger partial charge >= 0.3 is 5.97 Å². The summed E-state index contributed by atoms with van der Waals surface area (Å²) in [4.78, 5) is 21.1. The molecule has 0 aliphatic heterocycles. The molecule has 0 atom stereocenters. The molecule has 2 aromatic carbocycles. The van der Waals surface area contributed by atoms with E-state index in [4.69, 9.17) is 9.47 Å². The van der Waals surface area contributed by atoms with Crippen molar-refractivity contribution in [3.63, 3.8) is 0 Å². The van der Waals surface area contributed by atoms with Gasteiger partial charge in [-0.15, -0.1) is 0 Å². The van der Waals surface area contributed by atoms with Crippen LogP contribution in [0.25, 0.3) is 11.0 Å². The fourth-order valence-corrected chi connectivity index (χ4v) is 2.37. The van der Waals surface area contributed by atoms with Gasteiger partial charge < -0.3 is 9.47 Å². The van der Waals surface area contributed by atoms with E-state index < -0.39 is 5.97 Å². The highest BCUT2D eigenvalue weighted by Crippen LogP contribution is 2.15. The number of fused-ring (bicyclic) bond motifs is 1. The third kappa shape index (κ3) is 4.12. The molecule has 3 aromatic rings. The van der Waals surface area contributed by atoms with E-state index in [9.17, 15) is 4.79 Å². The van der Waals surface area contributed by atoms with E-state index in [1.165, 1.54) is 5.56 Å². The minimum atomic E-state index is -0.394. The van der Waals surface area contributed by atoms with Crippen LogP contribution in [0.4, 0.5) is 0 Å². The van der Waals surface area contributed by atoms with Crippen molar-refractivity contribution in [2.24, 2.45) is 0 Å². The topological polar surface area (TPSA) is 61.3 Å². The summed E-state index contributed by atoms with van der Waals surface area (Å²) in [6, 6.07) is 12.9. The number of nitrogens with zero attached hydrogens (tertiary/aromatic N) is 2. The van der Waals surface area contributed by atoms with Crippen LogP contribution in [-0.4, -0.2) is 29.2 Å². The largest absolute Gasteiger partial charge is 0.490 e. The quantitative estimate of drug-likeness (QED) is 0.524. The Kier molecular flexibility index (Phi) is 4.93. The molecule has 1 heterocycles. The molecule has 128 valence electrons. The fourth-order valence-electron chi connectivity index (χ4n) is 2.37. The molecule has 0 aliphatic rings. The van der Waals surface area contributed by atoms with Gasteiger partial charge in [0.15, 0.2) is 0 Å². The van der Waals surface area contributed by atoms with E-state index in [0.29, 0.717) is 17.7 Å². The lowest BCUT2D eigenvalue weighted by atomic mass is 10.2. The molecule has 0 amide bonds. The van der Waals surface area contributed by atoms with Gasteiger partial charge in [-0.25, -0.2) is 14.8 Å². The van der Waals surface area contributed by atoms with E-state index in [1.807, 2.05) is 45.0 Å². The Morgan fingerprint density at radius 2 is 1.56 bits per heavy atom. The van der Waals surface area contributed by atoms with Gasteiger partial charge in [0.05, 0.1) is 28.0 Å². The molecule has 0 unspecified atom stereocenters. The van der Waals surface area contributed by atoms with Gasteiger partial charge in [-0.05, 0) is 51.1 Å². The molecule has 0 aliphatic carbocycles. The average Bonchev–Trinajstić information content (AvgIpc) is 2.60. The monoisotopic (exact) mass is 336 g/mol. The number of carbonyl (C=O) groups excluding carboxylic acids is 1. The SMILES string of the molecule is Cc1ccc(OCCOC(=O)c2ccc3nc(C)c(C)nc3c2)cc1.